The number of amides is 2. The summed E-state index contributed by atoms with van der Waals surface area (Å²) < 4.78 is 0. The molecule has 0 aromatic heterocycles. The molecular weight excluding hydrogens is 554 g/mol. The van der Waals surface area contributed by atoms with Crippen LogP contribution in [0.2, 0.25) is 20.1 Å². The van der Waals surface area contributed by atoms with Gasteiger partial charge >= 0.3 is 0 Å². The number of anilines is 2. The van der Waals surface area contributed by atoms with Crippen LogP contribution in [0.15, 0.2) is 76.9 Å². The zero-order chi connectivity index (χ0) is 26.3. The Bertz CT molecular complexity index is 1460. The first-order valence-electron chi connectivity index (χ1n) is 11.4. The number of fused-ring (bicyclic) bond motifs is 1. The lowest BCUT2D eigenvalue weighted by Gasteiger charge is -2.19. The molecule has 2 aliphatic heterocycles. The second kappa shape index (κ2) is 8.30. The van der Waals surface area contributed by atoms with Crippen molar-refractivity contribution < 1.29 is 9.59 Å². The maximum absolute atomic E-state index is 14.4. The van der Waals surface area contributed by atoms with Crippen molar-refractivity contribution >= 4 is 81.0 Å². The van der Waals surface area contributed by atoms with Crippen molar-refractivity contribution in [3.8, 4) is 0 Å². The van der Waals surface area contributed by atoms with Gasteiger partial charge < -0.3 is 0 Å². The highest BCUT2D eigenvalue weighted by Crippen LogP contribution is 2.79. The van der Waals surface area contributed by atoms with Crippen molar-refractivity contribution in [3.05, 3.63) is 92.4 Å². The van der Waals surface area contributed by atoms with E-state index >= 15 is 0 Å². The Morgan fingerprint density at radius 2 is 1.05 bits per heavy atom. The van der Waals surface area contributed by atoms with Gasteiger partial charge in [0.2, 0.25) is 0 Å². The van der Waals surface area contributed by atoms with Crippen LogP contribution in [-0.2, 0) is 9.59 Å². The van der Waals surface area contributed by atoms with Crippen LogP contribution in [-0.4, -0.2) is 23.2 Å². The zero-order valence-electron chi connectivity index (χ0n) is 19.5. The van der Waals surface area contributed by atoms with E-state index in [1.54, 1.807) is 80.6 Å². The minimum Gasteiger partial charge on any atom is -0.271 e. The van der Waals surface area contributed by atoms with E-state index in [9.17, 15) is 9.59 Å². The van der Waals surface area contributed by atoms with Gasteiger partial charge in [-0.05, 0) is 80.1 Å². The molecule has 0 bridgehead atoms. The molecule has 2 atom stereocenters. The van der Waals surface area contributed by atoms with Crippen LogP contribution in [0.3, 0.4) is 0 Å². The predicted molar refractivity (Wildman–Crippen MR) is 148 cm³/mol. The number of hydrogen-bond donors (Lipinski definition) is 0. The van der Waals surface area contributed by atoms with E-state index in [1.165, 1.54) is 10.0 Å². The highest BCUT2D eigenvalue weighted by molar-refractivity contribution is 6.39. The molecule has 2 amide bonds. The Balaban J connectivity index is 1.53. The number of hydrogen-bond acceptors (Lipinski definition) is 4. The average molecular weight is 572 g/mol. The van der Waals surface area contributed by atoms with Gasteiger partial charge in [0.25, 0.3) is 11.8 Å². The van der Waals surface area contributed by atoms with Crippen molar-refractivity contribution in [3.63, 3.8) is 0 Å². The first kappa shape index (κ1) is 24.4. The fraction of sp³-hybridized carbons (Fsp3) is 0.185. The molecular formula is C27H18Cl4N4O2. The minimum atomic E-state index is -1.31. The Morgan fingerprint density at radius 3 is 1.46 bits per heavy atom. The molecule has 6 rings (SSSR count). The van der Waals surface area contributed by atoms with Gasteiger partial charge in [0, 0.05) is 26.0 Å². The van der Waals surface area contributed by atoms with Crippen LogP contribution in [0.4, 0.5) is 11.4 Å². The van der Waals surface area contributed by atoms with E-state index in [1.807, 2.05) is 0 Å². The number of nitrogens with zero attached hydrogens (tertiary/aromatic N) is 4. The first-order valence-corrected chi connectivity index (χ1v) is 12.9. The second-order valence-electron chi connectivity index (χ2n) is 9.27. The third kappa shape index (κ3) is 3.13. The van der Waals surface area contributed by atoms with E-state index in [0.29, 0.717) is 48.5 Å². The Kier molecular flexibility index (Phi) is 5.48. The molecule has 3 aromatic carbocycles. The predicted octanol–water partition coefficient (Wildman–Crippen LogP) is 7.22. The molecule has 0 N–H and O–H groups in total. The molecule has 1 saturated carbocycles. The highest BCUT2D eigenvalue weighted by Gasteiger charge is 2.91. The Labute approximate surface area is 233 Å². The minimum absolute atomic E-state index is 0.329. The molecule has 10 heteroatoms. The van der Waals surface area contributed by atoms with Crippen LogP contribution in [0, 0.1) is 10.8 Å². The summed E-state index contributed by atoms with van der Waals surface area (Å²) in [5.41, 5.74) is 0.110. The smallest absolute Gasteiger partial charge is 0.261 e. The summed E-state index contributed by atoms with van der Waals surface area (Å²) in [7, 11) is 0. The maximum atomic E-state index is 14.4. The van der Waals surface area contributed by atoms with E-state index in [-0.39, 0.29) is 11.8 Å². The van der Waals surface area contributed by atoms with Gasteiger partial charge in [-0.15, -0.1) is 0 Å². The lowest BCUT2D eigenvalue weighted by Crippen LogP contribution is -2.40. The summed E-state index contributed by atoms with van der Waals surface area (Å²) in [4.78, 5) is 28.7. The number of halogens is 4. The van der Waals surface area contributed by atoms with E-state index in [0.717, 1.165) is 0 Å². The fourth-order valence-electron chi connectivity index (χ4n) is 5.96. The average Bonchev–Trinajstić information content (AvgIpc) is 3.33. The summed E-state index contributed by atoms with van der Waals surface area (Å²) in [6.07, 6.45) is 0. The molecule has 6 nitrogen and oxygen atoms in total. The molecule has 186 valence electrons. The summed E-state index contributed by atoms with van der Waals surface area (Å²) >= 11 is 25.0. The molecule has 0 unspecified atom stereocenters. The maximum Gasteiger partial charge on any atom is 0.261 e. The normalized spacial score (nSPS) is 26.4. The lowest BCUT2D eigenvalue weighted by atomic mass is 9.85. The molecule has 0 saturated heterocycles. The van der Waals surface area contributed by atoms with Crippen molar-refractivity contribution in [2.45, 2.75) is 19.8 Å². The number of hydrazone groups is 2. The number of benzene rings is 3. The van der Waals surface area contributed by atoms with Crippen LogP contribution in [0.1, 0.15) is 25.3 Å². The zero-order valence-corrected chi connectivity index (χ0v) is 22.6. The summed E-state index contributed by atoms with van der Waals surface area (Å²) in [6, 6.07) is 18.7. The monoisotopic (exact) mass is 570 g/mol. The van der Waals surface area contributed by atoms with Crippen LogP contribution < -0.4 is 10.0 Å². The number of rotatable bonds is 3. The Morgan fingerprint density at radius 1 is 0.649 bits per heavy atom. The topological polar surface area (TPSA) is 65.3 Å². The number of carbonyl (C=O) groups is 2. The van der Waals surface area contributed by atoms with Gasteiger partial charge in [0.05, 0.1) is 22.8 Å². The quantitative estimate of drug-likeness (QED) is 0.333. The van der Waals surface area contributed by atoms with Crippen molar-refractivity contribution in [2.75, 3.05) is 10.0 Å². The Hall–Kier alpha value is -2.90. The van der Waals surface area contributed by atoms with Crippen LogP contribution in [0.5, 0.6) is 0 Å². The summed E-state index contributed by atoms with van der Waals surface area (Å²) in [6.45, 7) is 3.54. The second-order valence-corrected chi connectivity index (χ2v) is 11.0. The van der Waals surface area contributed by atoms with E-state index in [4.69, 9.17) is 46.4 Å². The van der Waals surface area contributed by atoms with Crippen molar-refractivity contribution in [1.29, 1.82) is 0 Å². The van der Waals surface area contributed by atoms with Gasteiger partial charge in [0.15, 0.2) is 0 Å². The standard InChI is InChI=1S/C27H18Cl4N4O2/c1-14-26(24(36)34(32-14)19-8-3-16(28)4-9-19)23(21-12-7-18(30)13-22(21)31)27(26)15(2)33-35(25(27)37)20-10-5-17(29)6-11-20/h3-13,23H,1-2H3/t26-,27-/m1/s1. The third-order valence-corrected chi connectivity index (χ3v) is 8.59. The third-order valence-electron chi connectivity index (χ3n) is 7.52. The van der Waals surface area contributed by atoms with Gasteiger partial charge in [0.1, 0.15) is 10.8 Å². The fourth-order valence-corrected chi connectivity index (χ4v) is 6.73. The van der Waals surface area contributed by atoms with E-state index in [2.05, 4.69) is 10.2 Å². The summed E-state index contributed by atoms with van der Waals surface area (Å²) in [5.74, 6) is -1.29. The van der Waals surface area contributed by atoms with Gasteiger partial charge in [-0.3, -0.25) is 9.59 Å². The molecule has 2 spiro atoms. The van der Waals surface area contributed by atoms with E-state index < -0.39 is 16.7 Å². The van der Waals surface area contributed by atoms with Gasteiger partial charge in [-0.1, -0.05) is 52.5 Å². The SMILES string of the molecule is CC1=NN(c2ccc(Cl)cc2)C(=O)[C@]12C(c1ccc(Cl)cc1Cl)[C@]21C(=O)N(c2ccc(Cl)cc2)N=C1C. The summed E-state index contributed by atoms with van der Waals surface area (Å²) in [5, 5.41) is 13.9. The lowest BCUT2D eigenvalue weighted by molar-refractivity contribution is -0.126. The number of carbonyl (C=O) groups excluding carboxylic acids is 2. The van der Waals surface area contributed by atoms with Crippen LogP contribution in [0.25, 0.3) is 0 Å². The van der Waals surface area contributed by atoms with Gasteiger partial charge in [-0.2, -0.15) is 20.2 Å². The molecule has 0 radical (unpaired) electrons. The largest absolute Gasteiger partial charge is 0.271 e. The molecule has 37 heavy (non-hydrogen) atoms. The van der Waals surface area contributed by atoms with Crippen LogP contribution >= 0.6 is 46.4 Å². The van der Waals surface area contributed by atoms with Gasteiger partial charge in [-0.25, -0.2) is 0 Å². The molecule has 2 heterocycles. The van der Waals surface area contributed by atoms with Crippen molar-refractivity contribution in [2.24, 2.45) is 21.0 Å². The van der Waals surface area contributed by atoms with Crippen molar-refractivity contribution in [1.82, 2.24) is 0 Å². The molecule has 1 aliphatic carbocycles. The molecule has 3 aliphatic rings. The first-order chi connectivity index (χ1) is 17.6. The molecule has 1 fully saturated rings. The molecule has 3 aromatic rings. The highest BCUT2D eigenvalue weighted by atomic mass is 35.5.